The highest BCUT2D eigenvalue weighted by molar-refractivity contribution is 5.65. The third kappa shape index (κ3) is 4.12. The van der Waals surface area contributed by atoms with Crippen molar-refractivity contribution in [3.8, 4) is 28.7 Å². The number of halogens is 3. The molecule has 1 aromatic carbocycles. The van der Waals surface area contributed by atoms with Crippen LogP contribution in [0.15, 0.2) is 27.4 Å². The number of hydrogen-bond donors (Lipinski definition) is 0. The molecule has 0 amide bonds. The second-order valence-electron chi connectivity index (χ2n) is 7.13. The molecule has 1 aliphatic rings. The highest BCUT2D eigenvalue weighted by Gasteiger charge is 2.37. The van der Waals surface area contributed by atoms with Gasteiger partial charge in [0, 0.05) is 11.5 Å². The van der Waals surface area contributed by atoms with Crippen LogP contribution in [0.1, 0.15) is 35.9 Å². The Morgan fingerprint density at radius 3 is 2.25 bits per heavy atom. The molecule has 0 saturated heterocycles. The lowest BCUT2D eigenvalue weighted by molar-refractivity contribution is -0.139. The topological polar surface area (TPSA) is 102 Å². The Balaban J connectivity index is 1.69. The van der Waals surface area contributed by atoms with Crippen LogP contribution in [-0.2, 0) is 12.7 Å². The van der Waals surface area contributed by atoms with Gasteiger partial charge in [0.25, 0.3) is 5.56 Å². The van der Waals surface area contributed by atoms with Crippen LogP contribution in [0.25, 0.3) is 11.5 Å². The predicted octanol–water partition coefficient (Wildman–Crippen LogP) is 3.26. The van der Waals surface area contributed by atoms with E-state index in [9.17, 15) is 18.0 Å². The van der Waals surface area contributed by atoms with Crippen LogP contribution in [0.2, 0.25) is 0 Å². The van der Waals surface area contributed by atoms with E-state index in [0.717, 1.165) is 18.9 Å². The summed E-state index contributed by atoms with van der Waals surface area (Å²) in [4.78, 5) is 12.4. The zero-order valence-electron chi connectivity index (χ0n) is 17.4. The van der Waals surface area contributed by atoms with Crippen molar-refractivity contribution >= 4 is 0 Å². The summed E-state index contributed by atoms with van der Waals surface area (Å²) in [5, 5.41) is 11.9. The summed E-state index contributed by atoms with van der Waals surface area (Å²) in [7, 11) is 4.35. The number of alkyl halides is 3. The Morgan fingerprint density at radius 2 is 1.72 bits per heavy atom. The highest BCUT2D eigenvalue weighted by Crippen LogP contribution is 2.41. The normalized spacial score (nSPS) is 13.8. The molecule has 12 heteroatoms. The molecule has 0 unspecified atom stereocenters. The zero-order valence-corrected chi connectivity index (χ0v) is 17.4. The van der Waals surface area contributed by atoms with Gasteiger partial charge in [-0.25, -0.2) is 4.68 Å². The Hall–Kier alpha value is -3.57. The van der Waals surface area contributed by atoms with Gasteiger partial charge in [0.1, 0.15) is 12.1 Å². The summed E-state index contributed by atoms with van der Waals surface area (Å²) < 4.78 is 62.1. The number of methoxy groups -OCH3 is 3. The minimum atomic E-state index is -4.79. The first kappa shape index (κ1) is 21.7. The summed E-state index contributed by atoms with van der Waals surface area (Å²) in [5.74, 6) is 0.968. The lowest BCUT2D eigenvalue weighted by atomic mass is 10.2. The average Bonchev–Trinajstić information content (AvgIpc) is 3.51. The monoisotopic (exact) mass is 452 g/mol. The molecule has 0 atom stereocenters. The van der Waals surface area contributed by atoms with Gasteiger partial charge in [0.05, 0.1) is 27.0 Å². The molecule has 1 fully saturated rings. The molecule has 0 N–H and O–H groups in total. The van der Waals surface area contributed by atoms with E-state index in [0.29, 0.717) is 27.5 Å². The van der Waals surface area contributed by atoms with Gasteiger partial charge in [-0.1, -0.05) is 0 Å². The van der Waals surface area contributed by atoms with Crippen molar-refractivity contribution in [3.63, 3.8) is 0 Å². The minimum absolute atomic E-state index is 0.0571. The van der Waals surface area contributed by atoms with Crippen molar-refractivity contribution in [1.82, 2.24) is 20.0 Å². The first-order valence-electron chi connectivity index (χ1n) is 9.57. The van der Waals surface area contributed by atoms with Crippen LogP contribution >= 0.6 is 0 Å². The molecule has 4 rings (SSSR count). The quantitative estimate of drug-likeness (QED) is 0.538. The number of aromatic nitrogens is 4. The zero-order chi connectivity index (χ0) is 23.0. The fourth-order valence-electron chi connectivity index (χ4n) is 3.22. The standard InChI is InChI=1S/C20H19F3N4O5/c1-29-14-6-11(7-15(30-2)17(14)31-3)18-25-24-16(32-18)9-27-19(28)12(20(21,22)23)8-13(26-27)10-4-5-10/h6-8,10H,4-5,9H2,1-3H3. The molecular formula is C20H19F3N4O5. The van der Waals surface area contributed by atoms with E-state index in [1.54, 1.807) is 12.1 Å². The van der Waals surface area contributed by atoms with Crippen molar-refractivity contribution in [1.29, 1.82) is 0 Å². The third-order valence-electron chi connectivity index (χ3n) is 4.96. The fourth-order valence-corrected chi connectivity index (χ4v) is 3.22. The van der Waals surface area contributed by atoms with Crippen LogP contribution in [0.3, 0.4) is 0 Å². The van der Waals surface area contributed by atoms with Crippen LogP contribution in [-0.4, -0.2) is 41.3 Å². The second kappa shape index (κ2) is 8.17. The van der Waals surface area contributed by atoms with Gasteiger partial charge in [-0.05, 0) is 31.0 Å². The second-order valence-corrected chi connectivity index (χ2v) is 7.13. The van der Waals surface area contributed by atoms with Gasteiger partial charge in [-0.2, -0.15) is 18.3 Å². The van der Waals surface area contributed by atoms with Crippen LogP contribution in [0.4, 0.5) is 13.2 Å². The van der Waals surface area contributed by atoms with Gasteiger partial charge in [0.2, 0.25) is 17.5 Å². The highest BCUT2D eigenvalue weighted by atomic mass is 19.4. The summed E-state index contributed by atoms with van der Waals surface area (Å²) >= 11 is 0. The number of hydrogen-bond acceptors (Lipinski definition) is 8. The van der Waals surface area contributed by atoms with Crippen LogP contribution in [0, 0.1) is 0 Å². The summed E-state index contributed by atoms with van der Waals surface area (Å²) in [5.41, 5.74) is -1.88. The number of nitrogens with zero attached hydrogens (tertiary/aromatic N) is 4. The lowest BCUT2D eigenvalue weighted by Gasteiger charge is -2.12. The van der Waals surface area contributed by atoms with Gasteiger partial charge in [-0.3, -0.25) is 4.79 Å². The molecule has 3 aromatic rings. The number of rotatable bonds is 7. The maximum atomic E-state index is 13.3. The van der Waals surface area contributed by atoms with Gasteiger partial charge in [-0.15, -0.1) is 10.2 Å². The van der Waals surface area contributed by atoms with Gasteiger partial charge in [0.15, 0.2) is 11.5 Å². The largest absolute Gasteiger partial charge is 0.493 e. The van der Waals surface area contributed by atoms with E-state index in [1.165, 1.54) is 21.3 Å². The molecule has 0 aliphatic heterocycles. The molecule has 0 radical (unpaired) electrons. The van der Waals surface area contributed by atoms with E-state index in [4.69, 9.17) is 18.6 Å². The maximum absolute atomic E-state index is 13.3. The molecule has 1 saturated carbocycles. The Bertz CT molecular complexity index is 1180. The SMILES string of the molecule is COc1cc(-c2nnc(Cn3nc(C4CC4)cc(C(F)(F)F)c3=O)o2)cc(OC)c1OC. The van der Waals surface area contributed by atoms with Crippen molar-refractivity contribution in [2.45, 2.75) is 31.5 Å². The predicted molar refractivity (Wildman–Crippen MR) is 104 cm³/mol. The smallest absolute Gasteiger partial charge is 0.421 e. The van der Waals surface area contributed by atoms with E-state index < -0.39 is 23.8 Å². The van der Waals surface area contributed by atoms with Gasteiger partial charge < -0.3 is 18.6 Å². The summed E-state index contributed by atoms with van der Waals surface area (Å²) in [6, 6.07) is 3.99. The minimum Gasteiger partial charge on any atom is -0.493 e. The third-order valence-corrected chi connectivity index (χ3v) is 4.96. The van der Waals surface area contributed by atoms with Crippen LogP contribution in [0.5, 0.6) is 17.2 Å². The van der Waals surface area contributed by atoms with Gasteiger partial charge >= 0.3 is 6.18 Å². The molecular weight excluding hydrogens is 433 g/mol. The molecule has 170 valence electrons. The average molecular weight is 452 g/mol. The number of benzene rings is 1. The molecule has 0 spiro atoms. The molecule has 9 nitrogen and oxygen atoms in total. The molecule has 1 aliphatic carbocycles. The number of ether oxygens (including phenoxy) is 3. The Labute approximate surface area is 179 Å². The maximum Gasteiger partial charge on any atom is 0.421 e. The Kier molecular flexibility index (Phi) is 5.53. The van der Waals surface area contributed by atoms with E-state index in [1.807, 2.05) is 0 Å². The van der Waals surface area contributed by atoms with Crippen molar-refractivity contribution in [2.24, 2.45) is 0 Å². The summed E-state index contributed by atoms with van der Waals surface area (Å²) in [6.07, 6.45) is -3.33. The van der Waals surface area contributed by atoms with E-state index in [-0.39, 0.29) is 23.4 Å². The lowest BCUT2D eigenvalue weighted by Crippen LogP contribution is -2.31. The van der Waals surface area contributed by atoms with Crippen LogP contribution < -0.4 is 19.8 Å². The van der Waals surface area contributed by atoms with E-state index in [2.05, 4.69) is 15.3 Å². The van der Waals surface area contributed by atoms with Crippen molar-refractivity contribution < 1.29 is 31.8 Å². The fraction of sp³-hybridized carbons (Fsp3) is 0.400. The first-order chi connectivity index (χ1) is 15.2. The Morgan fingerprint density at radius 1 is 1.06 bits per heavy atom. The molecule has 2 heterocycles. The van der Waals surface area contributed by atoms with Crippen molar-refractivity contribution in [2.75, 3.05) is 21.3 Å². The first-order valence-corrected chi connectivity index (χ1v) is 9.57. The van der Waals surface area contributed by atoms with E-state index >= 15 is 0 Å². The molecule has 0 bridgehead atoms. The molecule has 32 heavy (non-hydrogen) atoms. The summed E-state index contributed by atoms with van der Waals surface area (Å²) in [6.45, 7) is -0.403. The van der Waals surface area contributed by atoms with Crippen molar-refractivity contribution in [3.05, 3.63) is 45.7 Å². The molecule has 2 aromatic heterocycles.